The highest BCUT2D eigenvalue weighted by molar-refractivity contribution is 5.29. The molecule has 0 aromatic rings. The normalized spacial score (nSPS) is 15.3. The fourth-order valence-electron chi connectivity index (χ4n) is 1.11. The number of aliphatic hydroxyl groups is 1. The molecule has 0 saturated heterocycles. The Kier molecular flexibility index (Phi) is 6.39. The third-order valence-corrected chi connectivity index (χ3v) is 1.76. The van der Waals surface area contributed by atoms with E-state index in [1.165, 1.54) is 17.6 Å². The zero-order valence-corrected chi connectivity index (χ0v) is 8.17. The number of hydrogen-bond donors (Lipinski definition) is 1. The summed E-state index contributed by atoms with van der Waals surface area (Å²) in [6, 6.07) is 0. The van der Waals surface area contributed by atoms with Gasteiger partial charge in [-0.2, -0.15) is 0 Å². The van der Waals surface area contributed by atoms with Gasteiger partial charge in [0.15, 0.2) is 0 Å². The molecule has 0 aromatic heterocycles. The van der Waals surface area contributed by atoms with Gasteiger partial charge in [-0.25, -0.2) is 0 Å². The van der Waals surface area contributed by atoms with Crippen LogP contribution in [-0.2, 0) is 0 Å². The van der Waals surface area contributed by atoms with Crippen molar-refractivity contribution in [1.29, 1.82) is 0 Å². The van der Waals surface area contributed by atoms with Gasteiger partial charge in [0.25, 0.3) is 0 Å². The molecule has 0 aromatic carbocycles. The molecule has 0 fully saturated rings. The predicted octanol–water partition coefficient (Wildman–Crippen LogP) is 2.84. The van der Waals surface area contributed by atoms with Crippen LogP contribution in [0.3, 0.4) is 0 Å². The van der Waals surface area contributed by atoms with Gasteiger partial charge in [-0.3, -0.25) is 0 Å². The van der Waals surface area contributed by atoms with Gasteiger partial charge >= 0.3 is 0 Å². The smallest absolute Gasteiger partial charge is 0.0319 e. The van der Waals surface area contributed by atoms with Crippen LogP contribution in [-0.4, -0.2) is 12.2 Å². The van der Waals surface area contributed by atoms with Crippen LogP contribution in [0.4, 0.5) is 0 Å². The molecule has 0 atom stereocenters. The molecule has 1 aliphatic carbocycles. The Hall–Kier alpha value is -0.820. The molecule has 0 saturated carbocycles. The minimum Gasteiger partial charge on any atom is -0.400 e. The second kappa shape index (κ2) is 6.86. The average molecular weight is 166 g/mol. The Morgan fingerprint density at radius 3 is 2.67 bits per heavy atom. The maximum atomic E-state index is 7.00. The summed E-state index contributed by atoms with van der Waals surface area (Å²) in [5.74, 6) is 0. The number of hydrogen-bond acceptors (Lipinski definition) is 1. The van der Waals surface area contributed by atoms with E-state index in [0.29, 0.717) is 0 Å². The van der Waals surface area contributed by atoms with Crippen molar-refractivity contribution < 1.29 is 5.11 Å². The first-order chi connectivity index (χ1) is 5.83. The molecule has 0 unspecified atom stereocenters. The molecule has 1 heteroatoms. The van der Waals surface area contributed by atoms with E-state index in [4.69, 9.17) is 5.11 Å². The maximum Gasteiger partial charge on any atom is 0.0319 e. The standard InChI is InChI=1S/C10H14.CH4O/c1-3-10-7-5-4-6-9(2)8-10;1-2/h4-6,8H,3,7H2,1-2H3;2H,1H3. The molecule has 12 heavy (non-hydrogen) atoms. The van der Waals surface area contributed by atoms with Crippen molar-refractivity contribution in [3.63, 3.8) is 0 Å². The van der Waals surface area contributed by atoms with E-state index >= 15 is 0 Å². The lowest BCUT2D eigenvalue weighted by atomic mass is 10.1. The lowest BCUT2D eigenvalue weighted by Gasteiger charge is -1.97. The quantitative estimate of drug-likeness (QED) is 0.635. The second-order valence-corrected chi connectivity index (χ2v) is 2.70. The van der Waals surface area contributed by atoms with E-state index in [2.05, 4.69) is 38.2 Å². The Balaban J connectivity index is 0.000000561. The SMILES string of the molecule is CCC1=CC(C)=CC=CC1.CO. The summed E-state index contributed by atoms with van der Waals surface area (Å²) in [6.07, 6.45) is 11.1. The van der Waals surface area contributed by atoms with Crippen LogP contribution >= 0.6 is 0 Å². The van der Waals surface area contributed by atoms with Gasteiger partial charge in [-0.1, -0.05) is 42.4 Å². The molecule has 1 nitrogen and oxygen atoms in total. The second-order valence-electron chi connectivity index (χ2n) is 2.70. The van der Waals surface area contributed by atoms with Gasteiger partial charge in [-0.15, -0.1) is 0 Å². The predicted molar refractivity (Wildman–Crippen MR) is 54.0 cm³/mol. The van der Waals surface area contributed by atoms with Crippen LogP contribution in [0.1, 0.15) is 26.7 Å². The molecule has 1 aliphatic rings. The zero-order chi connectivity index (χ0) is 9.40. The molecule has 0 spiro atoms. The summed E-state index contributed by atoms with van der Waals surface area (Å²) < 4.78 is 0. The fourth-order valence-corrected chi connectivity index (χ4v) is 1.11. The Morgan fingerprint density at radius 2 is 2.08 bits per heavy atom. The molecule has 1 rings (SSSR count). The molecule has 1 N–H and O–H groups in total. The van der Waals surface area contributed by atoms with Crippen molar-refractivity contribution in [2.45, 2.75) is 26.7 Å². The Morgan fingerprint density at radius 1 is 1.42 bits per heavy atom. The highest BCUT2D eigenvalue weighted by Crippen LogP contribution is 2.14. The molecule has 68 valence electrons. The van der Waals surface area contributed by atoms with Crippen LogP contribution in [0.2, 0.25) is 0 Å². The molecular weight excluding hydrogens is 148 g/mol. The number of rotatable bonds is 1. The number of allylic oxidation sites excluding steroid dienone is 6. The zero-order valence-electron chi connectivity index (χ0n) is 8.17. The molecule has 0 aliphatic heterocycles. The summed E-state index contributed by atoms with van der Waals surface area (Å²) in [5, 5.41) is 7.00. The first kappa shape index (κ1) is 11.2. The van der Waals surface area contributed by atoms with Crippen molar-refractivity contribution in [1.82, 2.24) is 0 Å². The third kappa shape index (κ3) is 4.14. The fraction of sp³-hybridized carbons (Fsp3) is 0.455. The van der Waals surface area contributed by atoms with Gasteiger partial charge in [-0.05, 0) is 19.8 Å². The van der Waals surface area contributed by atoms with E-state index in [0.717, 1.165) is 13.5 Å². The van der Waals surface area contributed by atoms with Crippen LogP contribution in [0.15, 0.2) is 35.5 Å². The lowest BCUT2D eigenvalue weighted by Crippen LogP contribution is -1.77. The molecule has 0 bridgehead atoms. The van der Waals surface area contributed by atoms with Gasteiger partial charge in [0.2, 0.25) is 0 Å². The van der Waals surface area contributed by atoms with Crippen LogP contribution < -0.4 is 0 Å². The van der Waals surface area contributed by atoms with Crippen LogP contribution in [0, 0.1) is 0 Å². The van der Waals surface area contributed by atoms with Crippen molar-refractivity contribution in [2.75, 3.05) is 7.11 Å². The summed E-state index contributed by atoms with van der Waals surface area (Å²) in [4.78, 5) is 0. The van der Waals surface area contributed by atoms with E-state index in [9.17, 15) is 0 Å². The van der Waals surface area contributed by atoms with Gasteiger partial charge in [0.05, 0.1) is 0 Å². The monoisotopic (exact) mass is 166 g/mol. The van der Waals surface area contributed by atoms with E-state index in [1.807, 2.05) is 0 Å². The Bertz CT molecular complexity index is 197. The lowest BCUT2D eigenvalue weighted by molar-refractivity contribution is 0.399. The van der Waals surface area contributed by atoms with E-state index < -0.39 is 0 Å². The first-order valence-corrected chi connectivity index (χ1v) is 4.30. The van der Waals surface area contributed by atoms with E-state index in [-0.39, 0.29) is 0 Å². The van der Waals surface area contributed by atoms with Crippen molar-refractivity contribution in [2.24, 2.45) is 0 Å². The van der Waals surface area contributed by atoms with Gasteiger partial charge in [0, 0.05) is 7.11 Å². The highest BCUT2D eigenvalue weighted by atomic mass is 16.2. The molecule has 0 heterocycles. The van der Waals surface area contributed by atoms with Gasteiger partial charge in [0.1, 0.15) is 0 Å². The van der Waals surface area contributed by atoms with Gasteiger partial charge < -0.3 is 5.11 Å². The largest absolute Gasteiger partial charge is 0.400 e. The summed E-state index contributed by atoms with van der Waals surface area (Å²) in [7, 11) is 1.00. The van der Waals surface area contributed by atoms with Crippen LogP contribution in [0.5, 0.6) is 0 Å². The summed E-state index contributed by atoms with van der Waals surface area (Å²) in [5.41, 5.74) is 2.90. The van der Waals surface area contributed by atoms with Crippen molar-refractivity contribution in [3.05, 3.63) is 35.5 Å². The summed E-state index contributed by atoms with van der Waals surface area (Å²) in [6.45, 7) is 4.35. The topological polar surface area (TPSA) is 20.2 Å². The highest BCUT2D eigenvalue weighted by Gasteiger charge is 1.93. The average Bonchev–Trinajstić information content (AvgIpc) is 2.33. The van der Waals surface area contributed by atoms with Crippen molar-refractivity contribution >= 4 is 0 Å². The minimum absolute atomic E-state index is 1.00. The number of aliphatic hydroxyl groups excluding tert-OH is 1. The van der Waals surface area contributed by atoms with Crippen molar-refractivity contribution in [3.8, 4) is 0 Å². The molecular formula is C11H18O. The summed E-state index contributed by atoms with van der Waals surface area (Å²) >= 11 is 0. The van der Waals surface area contributed by atoms with Crippen LogP contribution in [0.25, 0.3) is 0 Å². The first-order valence-electron chi connectivity index (χ1n) is 4.30. The molecule has 0 amide bonds. The molecule has 0 radical (unpaired) electrons. The minimum atomic E-state index is 1.00. The Labute approximate surface area is 75.1 Å². The maximum absolute atomic E-state index is 7.00. The van der Waals surface area contributed by atoms with E-state index in [1.54, 1.807) is 0 Å². The third-order valence-electron chi connectivity index (χ3n) is 1.76.